The molecule has 1 heterocycles. The number of Topliss-reactive ketones (excluding diaryl/α,β-unsaturated/α-hetero) is 1. The van der Waals surface area contributed by atoms with Gasteiger partial charge >= 0.3 is 0 Å². The van der Waals surface area contributed by atoms with Crippen LogP contribution in [-0.2, 0) is 0 Å². The molecule has 1 atom stereocenters. The van der Waals surface area contributed by atoms with Gasteiger partial charge in [0.2, 0.25) is 0 Å². The number of benzene rings is 1. The second-order valence-electron chi connectivity index (χ2n) is 5.06. The van der Waals surface area contributed by atoms with Gasteiger partial charge in [0.25, 0.3) is 0 Å². The number of rotatable bonds is 5. The van der Waals surface area contributed by atoms with Crippen molar-refractivity contribution in [2.24, 2.45) is 0 Å². The summed E-state index contributed by atoms with van der Waals surface area (Å²) in [5.41, 5.74) is 0.617. The van der Waals surface area contributed by atoms with Crippen LogP contribution in [0.15, 0.2) is 24.3 Å². The zero-order chi connectivity index (χ0) is 13.0. The van der Waals surface area contributed by atoms with Crippen LogP contribution in [0.25, 0.3) is 0 Å². The third-order valence-corrected chi connectivity index (χ3v) is 3.71. The lowest BCUT2D eigenvalue weighted by atomic mass is 10.1. The smallest absolute Gasteiger partial charge is 0.162 e. The molecule has 1 unspecified atom stereocenters. The summed E-state index contributed by atoms with van der Waals surface area (Å²) in [6, 6.07) is 6.48. The molecule has 0 aliphatic carbocycles. The Balaban J connectivity index is 1.76. The van der Waals surface area contributed by atoms with Crippen LogP contribution in [0.2, 0.25) is 0 Å². The maximum absolute atomic E-state index is 12.7. The van der Waals surface area contributed by atoms with Gasteiger partial charge in [-0.05, 0) is 63.5 Å². The topological polar surface area (TPSA) is 20.3 Å². The van der Waals surface area contributed by atoms with Crippen molar-refractivity contribution in [3.63, 3.8) is 0 Å². The molecule has 1 aromatic rings. The fourth-order valence-electron chi connectivity index (χ4n) is 2.55. The van der Waals surface area contributed by atoms with Crippen LogP contribution in [0.5, 0.6) is 0 Å². The molecule has 1 aliphatic heterocycles. The second-order valence-corrected chi connectivity index (χ2v) is 5.06. The number of nitrogens with zero attached hydrogens (tertiary/aromatic N) is 1. The van der Waals surface area contributed by atoms with Gasteiger partial charge in [-0.3, -0.25) is 4.79 Å². The molecule has 0 aromatic heterocycles. The minimum absolute atomic E-state index is 0.113. The lowest BCUT2D eigenvalue weighted by Gasteiger charge is -2.20. The normalized spacial score (nSPS) is 20.2. The molecule has 1 fully saturated rings. The van der Waals surface area contributed by atoms with Crippen LogP contribution in [0.4, 0.5) is 4.39 Å². The summed E-state index contributed by atoms with van der Waals surface area (Å²) >= 11 is 0. The number of carbonyl (C=O) groups is 1. The highest BCUT2D eigenvalue weighted by atomic mass is 19.1. The minimum Gasteiger partial charge on any atom is -0.301 e. The molecular formula is C15H20FNO. The summed E-state index contributed by atoms with van der Waals surface area (Å²) in [7, 11) is 0. The zero-order valence-electron chi connectivity index (χ0n) is 10.9. The van der Waals surface area contributed by atoms with Crippen molar-refractivity contribution >= 4 is 5.78 Å². The van der Waals surface area contributed by atoms with Crippen molar-refractivity contribution in [3.8, 4) is 0 Å². The summed E-state index contributed by atoms with van der Waals surface area (Å²) < 4.78 is 12.7. The van der Waals surface area contributed by atoms with Gasteiger partial charge in [0.15, 0.2) is 5.78 Å². The van der Waals surface area contributed by atoms with Crippen molar-refractivity contribution < 1.29 is 9.18 Å². The molecule has 1 saturated heterocycles. The Morgan fingerprint density at radius 1 is 1.39 bits per heavy atom. The van der Waals surface area contributed by atoms with E-state index in [9.17, 15) is 9.18 Å². The van der Waals surface area contributed by atoms with E-state index in [-0.39, 0.29) is 11.6 Å². The number of ketones is 1. The van der Waals surface area contributed by atoms with E-state index in [1.165, 1.54) is 25.0 Å². The maximum Gasteiger partial charge on any atom is 0.162 e. The Hall–Kier alpha value is -1.22. The molecule has 3 heteroatoms. The highest BCUT2D eigenvalue weighted by Crippen LogP contribution is 2.17. The van der Waals surface area contributed by atoms with Gasteiger partial charge in [-0.15, -0.1) is 0 Å². The monoisotopic (exact) mass is 249 g/mol. The Kier molecular flexibility index (Phi) is 4.48. The number of hydrogen-bond donors (Lipinski definition) is 0. The predicted octanol–water partition coefficient (Wildman–Crippen LogP) is 3.27. The molecule has 1 aromatic carbocycles. The van der Waals surface area contributed by atoms with Crippen LogP contribution >= 0.6 is 0 Å². The average Bonchev–Trinajstić information content (AvgIpc) is 2.76. The van der Waals surface area contributed by atoms with Crippen LogP contribution in [-0.4, -0.2) is 29.8 Å². The molecule has 1 aliphatic rings. The van der Waals surface area contributed by atoms with Crippen LogP contribution < -0.4 is 0 Å². The summed E-state index contributed by atoms with van der Waals surface area (Å²) in [6.07, 6.45) is 3.98. The van der Waals surface area contributed by atoms with E-state index in [0.29, 0.717) is 18.0 Å². The first-order valence-electron chi connectivity index (χ1n) is 6.69. The number of hydrogen-bond acceptors (Lipinski definition) is 2. The molecule has 2 rings (SSSR count). The van der Waals surface area contributed by atoms with Gasteiger partial charge in [-0.25, -0.2) is 4.39 Å². The van der Waals surface area contributed by atoms with Gasteiger partial charge in [0.05, 0.1) is 0 Å². The van der Waals surface area contributed by atoms with Gasteiger partial charge in [0, 0.05) is 18.0 Å². The molecule has 0 N–H and O–H groups in total. The van der Waals surface area contributed by atoms with Crippen molar-refractivity contribution in [1.29, 1.82) is 0 Å². The first-order valence-corrected chi connectivity index (χ1v) is 6.69. The van der Waals surface area contributed by atoms with E-state index in [1.54, 1.807) is 12.1 Å². The average molecular weight is 249 g/mol. The lowest BCUT2D eigenvalue weighted by molar-refractivity contribution is 0.0974. The molecular weight excluding hydrogens is 229 g/mol. The summed E-state index contributed by atoms with van der Waals surface area (Å²) in [5, 5.41) is 0. The van der Waals surface area contributed by atoms with Crippen LogP contribution in [0.3, 0.4) is 0 Å². The second kappa shape index (κ2) is 6.10. The Labute approximate surface area is 108 Å². The maximum atomic E-state index is 12.7. The summed E-state index contributed by atoms with van der Waals surface area (Å²) in [6.45, 7) is 4.40. The van der Waals surface area contributed by atoms with Crippen molar-refractivity contribution in [3.05, 3.63) is 35.6 Å². The van der Waals surface area contributed by atoms with Gasteiger partial charge in [-0.2, -0.15) is 0 Å². The fraction of sp³-hybridized carbons (Fsp3) is 0.533. The van der Waals surface area contributed by atoms with E-state index in [0.717, 1.165) is 19.5 Å². The highest BCUT2D eigenvalue weighted by molar-refractivity contribution is 5.95. The number of halogens is 1. The third-order valence-electron chi connectivity index (χ3n) is 3.71. The number of carbonyl (C=O) groups excluding carboxylic acids is 1. The third kappa shape index (κ3) is 3.39. The minimum atomic E-state index is -0.294. The molecule has 18 heavy (non-hydrogen) atoms. The summed E-state index contributed by atoms with van der Waals surface area (Å²) in [5.74, 6) is -0.181. The molecule has 0 radical (unpaired) electrons. The Morgan fingerprint density at radius 2 is 2.11 bits per heavy atom. The SMILES string of the molecule is CC1CCCN1CCCC(=O)c1ccc(F)cc1. The first-order chi connectivity index (χ1) is 8.66. The zero-order valence-corrected chi connectivity index (χ0v) is 10.9. The lowest BCUT2D eigenvalue weighted by Crippen LogP contribution is -2.28. The Bertz CT molecular complexity index is 401. The standard InChI is InChI=1S/C15H20FNO/c1-12-4-2-10-17(12)11-3-5-15(18)13-6-8-14(16)9-7-13/h6-9,12H,2-5,10-11H2,1H3. The molecule has 2 nitrogen and oxygen atoms in total. The molecule has 0 saturated carbocycles. The van der Waals surface area contributed by atoms with Gasteiger partial charge < -0.3 is 4.90 Å². The fourth-order valence-corrected chi connectivity index (χ4v) is 2.55. The van der Waals surface area contributed by atoms with E-state index in [4.69, 9.17) is 0 Å². The van der Waals surface area contributed by atoms with Crippen molar-refractivity contribution in [1.82, 2.24) is 4.90 Å². The van der Waals surface area contributed by atoms with E-state index in [2.05, 4.69) is 11.8 Å². The van der Waals surface area contributed by atoms with E-state index < -0.39 is 0 Å². The van der Waals surface area contributed by atoms with E-state index >= 15 is 0 Å². The summed E-state index contributed by atoms with van der Waals surface area (Å²) in [4.78, 5) is 14.3. The van der Waals surface area contributed by atoms with Crippen molar-refractivity contribution in [2.45, 2.75) is 38.6 Å². The van der Waals surface area contributed by atoms with Gasteiger partial charge in [-0.1, -0.05) is 0 Å². The molecule has 0 amide bonds. The Morgan fingerprint density at radius 3 is 2.72 bits per heavy atom. The van der Waals surface area contributed by atoms with Crippen LogP contribution in [0, 0.1) is 5.82 Å². The van der Waals surface area contributed by atoms with E-state index in [1.807, 2.05) is 0 Å². The van der Waals surface area contributed by atoms with Crippen molar-refractivity contribution in [2.75, 3.05) is 13.1 Å². The molecule has 0 bridgehead atoms. The largest absolute Gasteiger partial charge is 0.301 e. The predicted molar refractivity (Wildman–Crippen MR) is 70.2 cm³/mol. The molecule has 0 spiro atoms. The quantitative estimate of drug-likeness (QED) is 0.746. The molecule has 98 valence electrons. The van der Waals surface area contributed by atoms with Crippen LogP contribution in [0.1, 0.15) is 43.0 Å². The number of likely N-dealkylation sites (tertiary alicyclic amines) is 1. The highest BCUT2D eigenvalue weighted by Gasteiger charge is 2.19. The first kappa shape index (κ1) is 13.2. The van der Waals surface area contributed by atoms with Gasteiger partial charge in [0.1, 0.15) is 5.82 Å².